The van der Waals surface area contributed by atoms with Gasteiger partial charge in [-0.25, -0.2) is 9.78 Å². The first-order valence-electron chi connectivity index (χ1n) is 10.6. The van der Waals surface area contributed by atoms with Gasteiger partial charge in [-0.15, -0.1) is 0 Å². The van der Waals surface area contributed by atoms with E-state index in [0.29, 0.717) is 17.9 Å². The van der Waals surface area contributed by atoms with Crippen LogP contribution >= 0.6 is 0 Å². The van der Waals surface area contributed by atoms with Gasteiger partial charge in [-0.1, -0.05) is 24.3 Å². The molecular weight excluding hydrogens is 418 g/mol. The molecule has 7 nitrogen and oxygen atoms in total. The van der Waals surface area contributed by atoms with Crippen LogP contribution in [0, 0.1) is 6.92 Å². The molecule has 4 aromatic rings. The summed E-state index contributed by atoms with van der Waals surface area (Å²) in [7, 11) is 5.09. The second-order valence-corrected chi connectivity index (χ2v) is 7.77. The predicted octanol–water partition coefficient (Wildman–Crippen LogP) is 4.65. The lowest BCUT2D eigenvalue weighted by atomic mass is 10.1. The van der Waals surface area contributed by atoms with E-state index in [0.717, 1.165) is 35.0 Å². The Hall–Kier alpha value is -4.00. The van der Waals surface area contributed by atoms with Gasteiger partial charge in [-0.2, -0.15) is 0 Å². The molecule has 0 unspecified atom stereocenters. The fourth-order valence-electron chi connectivity index (χ4n) is 3.81. The molecule has 0 bridgehead atoms. The van der Waals surface area contributed by atoms with Gasteiger partial charge in [0.2, 0.25) is 0 Å². The quantitative estimate of drug-likeness (QED) is 0.368. The third-order valence-corrected chi connectivity index (χ3v) is 5.47. The van der Waals surface area contributed by atoms with E-state index in [2.05, 4.69) is 28.5 Å². The number of hydrogen-bond donors (Lipinski definition) is 0. The Balaban J connectivity index is 1.53. The molecule has 0 spiro atoms. The summed E-state index contributed by atoms with van der Waals surface area (Å²) in [5.41, 5.74) is 4.32. The van der Waals surface area contributed by atoms with Crippen molar-refractivity contribution in [3.63, 3.8) is 0 Å². The molecule has 170 valence electrons. The Morgan fingerprint density at radius 1 is 1.00 bits per heavy atom. The zero-order chi connectivity index (χ0) is 23.4. The van der Waals surface area contributed by atoms with Gasteiger partial charge in [0, 0.05) is 19.8 Å². The number of ether oxygens (including phenoxy) is 3. The molecular formula is C26H27N3O4. The Kier molecular flexibility index (Phi) is 6.49. The minimum absolute atomic E-state index is 0.355. The van der Waals surface area contributed by atoms with E-state index in [1.807, 2.05) is 49.5 Å². The van der Waals surface area contributed by atoms with Crippen molar-refractivity contribution in [1.82, 2.24) is 9.38 Å². The molecule has 2 aromatic carbocycles. The smallest absolute Gasteiger partial charge is 0.337 e. The first-order chi connectivity index (χ1) is 16.0. The monoisotopic (exact) mass is 445 g/mol. The van der Waals surface area contributed by atoms with Crippen LogP contribution in [0.2, 0.25) is 0 Å². The third-order valence-electron chi connectivity index (χ3n) is 5.47. The highest BCUT2D eigenvalue weighted by molar-refractivity contribution is 5.89. The molecule has 0 fully saturated rings. The molecule has 7 heteroatoms. The lowest BCUT2D eigenvalue weighted by Gasteiger charge is -2.20. The van der Waals surface area contributed by atoms with Crippen molar-refractivity contribution in [2.45, 2.75) is 20.1 Å². The van der Waals surface area contributed by atoms with Crippen LogP contribution in [0.5, 0.6) is 11.5 Å². The maximum atomic E-state index is 11.6. The Labute approximate surface area is 193 Å². The number of aromatic nitrogens is 2. The van der Waals surface area contributed by atoms with E-state index in [9.17, 15) is 4.79 Å². The van der Waals surface area contributed by atoms with E-state index in [1.54, 1.807) is 19.2 Å². The molecule has 0 radical (unpaired) electrons. The number of esters is 1. The SMILES string of the molecule is COC(=O)c1ccc(COc2cccn3c(N(C)Cc4ccc(OC)cc4)c(C)nc23)cc1. The maximum Gasteiger partial charge on any atom is 0.337 e. The highest BCUT2D eigenvalue weighted by Crippen LogP contribution is 2.28. The summed E-state index contributed by atoms with van der Waals surface area (Å²) in [6.45, 7) is 3.10. The van der Waals surface area contributed by atoms with Crippen molar-refractivity contribution in [2.75, 3.05) is 26.2 Å². The summed E-state index contributed by atoms with van der Waals surface area (Å²) >= 11 is 0. The number of pyridine rings is 1. The van der Waals surface area contributed by atoms with Gasteiger partial charge >= 0.3 is 5.97 Å². The average Bonchev–Trinajstić information content (AvgIpc) is 3.19. The first-order valence-corrected chi connectivity index (χ1v) is 10.6. The normalized spacial score (nSPS) is 10.8. The van der Waals surface area contributed by atoms with Crippen LogP contribution in [-0.2, 0) is 17.9 Å². The molecule has 0 saturated carbocycles. The van der Waals surface area contributed by atoms with Gasteiger partial charge < -0.3 is 19.1 Å². The number of carbonyl (C=O) groups excluding carboxylic acids is 1. The molecule has 0 saturated heterocycles. The third kappa shape index (κ3) is 4.77. The zero-order valence-corrected chi connectivity index (χ0v) is 19.2. The molecule has 2 heterocycles. The summed E-state index contributed by atoms with van der Waals surface area (Å²) < 4.78 is 18.1. The van der Waals surface area contributed by atoms with E-state index >= 15 is 0 Å². The van der Waals surface area contributed by atoms with Crippen molar-refractivity contribution in [3.05, 3.63) is 89.2 Å². The first kappa shape index (κ1) is 22.2. The number of methoxy groups -OCH3 is 2. The minimum Gasteiger partial charge on any atom is -0.497 e. The molecule has 0 aliphatic rings. The number of benzene rings is 2. The van der Waals surface area contributed by atoms with Gasteiger partial charge in [0.05, 0.1) is 25.5 Å². The number of hydrogen-bond acceptors (Lipinski definition) is 6. The summed E-state index contributed by atoms with van der Waals surface area (Å²) in [6.07, 6.45) is 1.99. The fourth-order valence-corrected chi connectivity index (χ4v) is 3.81. The summed E-state index contributed by atoms with van der Waals surface area (Å²) in [4.78, 5) is 18.6. The van der Waals surface area contributed by atoms with Crippen molar-refractivity contribution >= 4 is 17.4 Å². The zero-order valence-electron chi connectivity index (χ0n) is 19.2. The second kappa shape index (κ2) is 9.65. The number of imidazole rings is 1. The predicted molar refractivity (Wildman–Crippen MR) is 127 cm³/mol. The summed E-state index contributed by atoms with van der Waals surface area (Å²) in [6, 6.07) is 19.1. The van der Waals surface area contributed by atoms with Crippen LogP contribution in [0.1, 0.15) is 27.2 Å². The molecule has 2 aromatic heterocycles. The standard InChI is InChI=1S/C26H27N3O4/c1-18-25(28(2)16-19-9-13-22(31-3)14-10-19)29-15-5-6-23(24(29)27-18)33-17-20-7-11-21(12-8-20)26(30)32-4/h5-15H,16-17H2,1-4H3. The van der Waals surface area contributed by atoms with Gasteiger partial charge in [0.25, 0.3) is 0 Å². The number of aryl methyl sites for hydroxylation is 1. The van der Waals surface area contributed by atoms with Crippen LogP contribution < -0.4 is 14.4 Å². The van der Waals surface area contributed by atoms with Gasteiger partial charge in [0.15, 0.2) is 11.4 Å². The summed E-state index contributed by atoms with van der Waals surface area (Å²) in [5, 5.41) is 0. The van der Waals surface area contributed by atoms with Gasteiger partial charge in [-0.3, -0.25) is 4.40 Å². The average molecular weight is 446 g/mol. The highest BCUT2D eigenvalue weighted by Gasteiger charge is 2.16. The van der Waals surface area contributed by atoms with Crippen LogP contribution in [0.15, 0.2) is 66.9 Å². The molecule has 4 rings (SSSR count). The van der Waals surface area contributed by atoms with E-state index in [4.69, 9.17) is 19.2 Å². The maximum absolute atomic E-state index is 11.6. The van der Waals surface area contributed by atoms with Gasteiger partial charge in [-0.05, 0) is 54.4 Å². The number of fused-ring (bicyclic) bond motifs is 1. The van der Waals surface area contributed by atoms with Crippen LogP contribution in [-0.4, -0.2) is 36.6 Å². The van der Waals surface area contributed by atoms with Crippen molar-refractivity contribution in [2.24, 2.45) is 0 Å². The fraction of sp³-hybridized carbons (Fsp3) is 0.231. The lowest BCUT2D eigenvalue weighted by Crippen LogP contribution is -2.19. The van der Waals surface area contributed by atoms with Crippen LogP contribution in [0.4, 0.5) is 5.82 Å². The topological polar surface area (TPSA) is 65.3 Å². The highest BCUT2D eigenvalue weighted by atomic mass is 16.5. The van der Waals surface area contributed by atoms with Crippen molar-refractivity contribution < 1.29 is 19.0 Å². The number of rotatable bonds is 8. The van der Waals surface area contributed by atoms with E-state index in [-0.39, 0.29) is 5.97 Å². The largest absolute Gasteiger partial charge is 0.497 e. The minimum atomic E-state index is -0.355. The molecule has 33 heavy (non-hydrogen) atoms. The summed E-state index contributed by atoms with van der Waals surface area (Å²) in [5.74, 6) is 2.19. The van der Waals surface area contributed by atoms with E-state index < -0.39 is 0 Å². The van der Waals surface area contributed by atoms with Crippen LogP contribution in [0.3, 0.4) is 0 Å². The number of nitrogens with zero attached hydrogens (tertiary/aromatic N) is 3. The molecule has 0 aliphatic heterocycles. The number of carbonyl (C=O) groups is 1. The lowest BCUT2D eigenvalue weighted by molar-refractivity contribution is 0.0600. The van der Waals surface area contributed by atoms with Crippen molar-refractivity contribution in [1.29, 1.82) is 0 Å². The van der Waals surface area contributed by atoms with Gasteiger partial charge in [0.1, 0.15) is 18.2 Å². The Bertz CT molecular complexity index is 1250. The Morgan fingerprint density at radius 2 is 1.70 bits per heavy atom. The van der Waals surface area contributed by atoms with Crippen LogP contribution in [0.25, 0.3) is 5.65 Å². The Morgan fingerprint density at radius 3 is 2.36 bits per heavy atom. The molecule has 0 amide bonds. The molecule has 0 N–H and O–H groups in total. The van der Waals surface area contributed by atoms with Crippen molar-refractivity contribution in [3.8, 4) is 11.5 Å². The molecule has 0 aliphatic carbocycles. The van der Waals surface area contributed by atoms with E-state index in [1.165, 1.54) is 12.7 Å². The number of anilines is 1. The molecule has 0 atom stereocenters. The second-order valence-electron chi connectivity index (χ2n) is 7.77.